The highest BCUT2D eigenvalue weighted by Gasteiger charge is 2.25. The third kappa shape index (κ3) is 5.00. The summed E-state index contributed by atoms with van der Waals surface area (Å²) in [4.78, 5) is 12.0. The zero-order chi connectivity index (χ0) is 22.6. The minimum absolute atomic E-state index is 0.0156. The Bertz CT molecular complexity index is 1180. The summed E-state index contributed by atoms with van der Waals surface area (Å²) in [6.45, 7) is 3.67. The van der Waals surface area contributed by atoms with Crippen LogP contribution in [-0.4, -0.2) is 28.0 Å². The molecule has 0 unspecified atom stereocenters. The molecular formula is C23H22ClNO5S. The van der Waals surface area contributed by atoms with Gasteiger partial charge in [-0.25, -0.2) is 13.2 Å². The van der Waals surface area contributed by atoms with Crippen molar-refractivity contribution in [3.05, 3.63) is 82.9 Å². The molecule has 0 aromatic heterocycles. The van der Waals surface area contributed by atoms with E-state index in [1.54, 1.807) is 68.4 Å². The van der Waals surface area contributed by atoms with E-state index in [4.69, 9.17) is 21.1 Å². The van der Waals surface area contributed by atoms with Gasteiger partial charge in [-0.15, -0.1) is 0 Å². The van der Waals surface area contributed by atoms with Crippen LogP contribution in [0.4, 0.5) is 5.69 Å². The molecule has 3 aromatic carbocycles. The largest absolute Gasteiger partial charge is 0.465 e. The second-order valence-electron chi connectivity index (χ2n) is 6.69. The Morgan fingerprint density at radius 2 is 1.55 bits per heavy atom. The zero-order valence-electron chi connectivity index (χ0n) is 17.3. The van der Waals surface area contributed by atoms with Gasteiger partial charge >= 0.3 is 5.97 Å². The number of halogens is 1. The SMILES string of the molecule is CCN(c1ccc(Oc2ccc(Cl)cc2)cc1)S(=O)(=O)c1ccc(C)c(C(=O)OC)c1. The van der Waals surface area contributed by atoms with Crippen molar-refractivity contribution in [1.82, 2.24) is 0 Å². The van der Waals surface area contributed by atoms with Gasteiger partial charge in [0, 0.05) is 11.6 Å². The molecule has 0 saturated heterocycles. The summed E-state index contributed by atoms with van der Waals surface area (Å²) in [6, 6.07) is 18.1. The number of hydrogen-bond donors (Lipinski definition) is 0. The molecule has 3 aromatic rings. The van der Waals surface area contributed by atoms with Crippen LogP contribution in [0, 0.1) is 6.92 Å². The van der Waals surface area contributed by atoms with E-state index in [0.29, 0.717) is 27.8 Å². The molecule has 0 N–H and O–H groups in total. The standard InChI is InChI=1S/C23H22ClNO5S/c1-4-25(31(27,28)21-14-5-16(2)22(15-21)23(26)29-3)18-8-12-20(13-9-18)30-19-10-6-17(24)7-11-19/h5-15H,4H2,1-3H3. The van der Waals surface area contributed by atoms with Crippen LogP contribution in [0.15, 0.2) is 71.6 Å². The van der Waals surface area contributed by atoms with Gasteiger partial charge in [-0.3, -0.25) is 4.31 Å². The second kappa shape index (κ2) is 9.41. The molecule has 0 aliphatic heterocycles. The van der Waals surface area contributed by atoms with Gasteiger partial charge in [0.05, 0.1) is 23.3 Å². The van der Waals surface area contributed by atoms with Gasteiger partial charge < -0.3 is 9.47 Å². The number of methoxy groups -OCH3 is 1. The first-order valence-corrected chi connectivity index (χ1v) is 11.3. The van der Waals surface area contributed by atoms with E-state index >= 15 is 0 Å². The molecule has 0 aliphatic rings. The van der Waals surface area contributed by atoms with Crippen molar-refractivity contribution in [3.63, 3.8) is 0 Å². The molecule has 0 atom stereocenters. The lowest BCUT2D eigenvalue weighted by atomic mass is 10.1. The van der Waals surface area contributed by atoms with Crippen molar-refractivity contribution in [2.75, 3.05) is 18.0 Å². The topological polar surface area (TPSA) is 72.9 Å². The maximum absolute atomic E-state index is 13.3. The second-order valence-corrected chi connectivity index (χ2v) is 8.99. The fourth-order valence-corrected chi connectivity index (χ4v) is 4.66. The van der Waals surface area contributed by atoms with Gasteiger partial charge in [-0.1, -0.05) is 17.7 Å². The predicted molar refractivity (Wildman–Crippen MR) is 121 cm³/mol. The van der Waals surface area contributed by atoms with E-state index in [2.05, 4.69) is 0 Å². The first kappa shape index (κ1) is 22.7. The number of benzene rings is 3. The van der Waals surface area contributed by atoms with Gasteiger partial charge in [0.25, 0.3) is 10.0 Å². The average Bonchev–Trinajstić information content (AvgIpc) is 2.76. The van der Waals surface area contributed by atoms with E-state index in [-0.39, 0.29) is 17.0 Å². The predicted octanol–water partition coefficient (Wildman–Crippen LogP) is 5.44. The zero-order valence-corrected chi connectivity index (χ0v) is 18.9. The highest BCUT2D eigenvalue weighted by Crippen LogP contribution is 2.29. The highest BCUT2D eigenvalue weighted by molar-refractivity contribution is 7.92. The quantitative estimate of drug-likeness (QED) is 0.440. The van der Waals surface area contributed by atoms with Gasteiger partial charge in [0.2, 0.25) is 0 Å². The monoisotopic (exact) mass is 459 g/mol. The molecule has 0 radical (unpaired) electrons. The normalized spacial score (nSPS) is 11.1. The molecule has 0 bridgehead atoms. The fourth-order valence-electron chi connectivity index (χ4n) is 3.03. The Hall–Kier alpha value is -3.03. The summed E-state index contributed by atoms with van der Waals surface area (Å²) in [5.74, 6) is 0.594. The van der Waals surface area contributed by atoms with Crippen molar-refractivity contribution in [2.24, 2.45) is 0 Å². The lowest BCUT2D eigenvalue weighted by Crippen LogP contribution is -2.31. The van der Waals surface area contributed by atoms with E-state index in [9.17, 15) is 13.2 Å². The first-order valence-electron chi connectivity index (χ1n) is 9.51. The molecule has 0 amide bonds. The van der Waals surface area contributed by atoms with Crippen molar-refractivity contribution in [2.45, 2.75) is 18.7 Å². The number of carbonyl (C=O) groups is 1. The molecule has 162 valence electrons. The number of hydrogen-bond acceptors (Lipinski definition) is 5. The van der Waals surface area contributed by atoms with Crippen molar-refractivity contribution >= 4 is 33.3 Å². The van der Waals surface area contributed by atoms with Gasteiger partial charge in [-0.2, -0.15) is 0 Å². The van der Waals surface area contributed by atoms with Crippen molar-refractivity contribution < 1.29 is 22.7 Å². The first-order chi connectivity index (χ1) is 14.8. The molecule has 3 rings (SSSR count). The van der Waals surface area contributed by atoms with Gasteiger partial charge in [-0.05, 0) is 80.1 Å². The minimum atomic E-state index is -3.89. The van der Waals surface area contributed by atoms with E-state index in [1.165, 1.54) is 23.5 Å². The van der Waals surface area contributed by atoms with Crippen LogP contribution in [0.2, 0.25) is 5.02 Å². The smallest absolute Gasteiger partial charge is 0.338 e. The Kier molecular flexibility index (Phi) is 6.87. The summed E-state index contributed by atoms with van der Waals surface area (Å²) in [5, 5.41) is 0.609. The number of esters is 1. The summed E-state index contributed by atoms with van der Waals surface area (Å²) in [6.07, 6.45) is 0. The van der Waals surface area contributed by atoms with Crippen molar-refractivity contribution in [1.29, 1.82) is 0 Å². The molecule has 0 heterocycles. The lowest BCUT2D eigenvalue weighted by Gasteiger charge is -2.23. The van der Waals surface area contributed by atoms with E-state index in [0.717, 1.165) is 0 Å². The van der Waals surface area contributed by atoms with E-state index < -0.39 is 16.0 Å². The Balaban J connectivity index is 1.88. The molecule has 8 heteroatoms. The maximum atomic E-state index is 13.3. The van der Waals surface area contributed by atoms with Crippen molar-refractivity contribution in [3.8, 4) is 11.5 Å². The number of nitrogens with zero attached hydrogens (tertiary/aromatic N) is 1. The number of ether oxygens (including phenoxy) is 2. The van der Waals surface area contributed by atoms with Crippen LogP contribution in [0.25, 0.3) is 0 Å². The average molecular weight is 460 g/mol. The third-order valence-electron chi connectivity index (χ3n) is 4.66. The molecule has 6 nitrogen and oxygen atoms in total. The summed E-state index contributed by atoms with van der Waals surface area (Å²) in [7, 11) is -2.63. The van der Waals surface area contributed by atoms with Crippen LogP contribution < -0.4 is 9.04 Å². The molecule has 0 fully saturated rings. The third-order valence-corrected chi connectivity index (χ3v) is 6.81. The number of sulfonamides is 1. The van der Waals surface area contributed by atoms with E-state index in [1.807, 2.05) is 0 Å². The molecule has 0 aliphatic carbocycles. The molecule has 0 spiro atoms. The van der Waals surface area contributed by atoms with Crippen LogP contribution in [0.3, 0.4) is 0 Å². The lowest BCUT2D eigenvalue weighted by molar-refractivity contribution is 0.0599. The number of carbonyl (C=O) groups excluding carboxylic acids is 1. The van der Waals surface area contributed by atoms with Crippen LogP contribution in [-0.2, 0) is 14.8 Å². The number of aryl methyl sites for hydroxylation is 1. The summed E-state index contributed by atoms with van der Waals surface area (Å²) >= 11 is 5.88. The van der Waals surface area contributed by atoms with Crippen LogP contribution in [0.5, 0.6) is 11.5 Å². The van der Waals surface area contributed by atoms with Crippen LogP contribution in [0.1, 0.15) is 22.8 Å². The molecular weight excluding hydrogens is 438 g/mol. The maximum Gasteiger partial charge on any atom is 0.338 e. The van der Waals surface area contributed by atoms with Gasteiger partial charge in [0.15, 0.2) is 0 Å². The molecule has 0 saturated carbocycles. The summed E-state index contributed by atoms with van der Waals surface area (Å²) in [5.41, 5.74) is 1.33. The minimum Gasteiger partial charge on any atom is -0.465 e. The number of anilines is 1. The van der Waals surface area contributed by atoms with Crippen LogP contribution >= 0.6 is 11.6 Å². The van der Waals surface area contributed by atoms with Gasteiger partial charge in [0.1, 0.15) is 11.5 Å². The summed E-state index contributed by atoms with van der Waals surface area (Å²) < 4.78 is 38.3. The Morgan fingerprint density at radius 1 is 0.968 bits per heavy atom. The fraction of sp³-hybridized carbons (Fsp3) is 0.174. The number of rotatable bonds is 7. The Morgan fingerprint density at radius 3 is 2.10 bits per heavy atom. The Labute approximate surface area is 187 Å². The molecule has 31 heavy (non-hydrogen) atoms. The highest BCUT2D eigenvalue weighted by atomic mass is 35.5.